The molecule has 4 rings (SSSR count). The predicted octanol–water partition coefficient (Wildman–Crippen LogP) is 3.72. The van der Waals surface area contributed by atoms with Gasteiger partial charge >= 0.3 is 0 Å². The van der Waals surface area contributed by atoms with Crippen LogP contribution in [0.5, 0.6) is 0 Å². The van der Waals surface area contributed by atoms with Crippen LogP contribution in [0, 0.1) is 16.0 Å². The van der Waals surface area contributed by atoms with Crippen LogP contribution in [0.3, 0.4) is 0 Å². The van der Waals surface area contributed by atoms with Crippen molar-refractivity contribution in [2.24, 2.45) is 5.92 Å². The summed E-state index contributed by atoms with van der Waals surface area (Å²) in [5.41, 5.74) is 0.977. The first kappa shape index (κ1) is 23.8. The summed E-state index contributed by atoms with van der Waals surface area (Å²) in [6.07, 6.45) is 8.35. The van der Waals surface area contributed by atoms with Gasteiger partial charge in [-0.1, -0.05) is 37.8 Å². The SMILES string of the molecule is CCC=O.O=[N+]([O-])c1cc(-c2noc(CCC3CCCC3)n2)ccc1NC1COCCN1. The maximum Gasteiger partial charge on any atom is 0.293 e. The Labute approximate surface area is 187 Å². The van der Waals surface area contributed by atoms with E-state index in [4.69, 9.17) is 9.26 Å². The molecule has 0 bridgehead atoms. The molecule has 0 spiro atoms. The molecule has 1 atom stereocenters. The lowest BCUT2D eigenvalue weighted by Gasteiger charge is -2.25. The zero-order chi connectivity index (χ0) is 22.8. The quantitative estimate of drug-likeness (QED) is 0.354. The second kappa shape index (κ2) is 12.3. The fourth-order valence-corrected chi connectivity index (χ4v) is 3.89. The summed E-state index contributed by atoms with van der Waals surface area (Å²) >= 11 is 0. The molecule has 1 aromatic carbocycles. The standard InChI is InChI=1S/C19H25N5O4.C3H6O/c25-24(26)16-11-14(6-7-15(16)21-17-12-27-10-9-20-17)19-22-18(28-23-19)8-5-13-3-1-2-4-13;1-2-3-4/h6-7,11,13,17,20-21H,1-5,8-10,12H2;3H,2H2,1H3. The molecule has 2 aromatic rings. The minimum Gasteiger partial charge on any atom is -0.377 e. The first-order chi connectivity index (χ1) is 15.6. The molecule has 32 heavy (non-hydrogen) atoms. The van der Waals surface area contributed by atoms with Crippen molar-refractivity contribution in [3.8, 4) is 11.4 Å². The summed E-state index contributed by atoms with van der Waals surface area (Å²) in [6, 6.07) is 4.93. The maximum atomic E-state index is 11.6. The van der Waals surface area contributed by atoms with Crippen LogP contribution >= 0.6 is 0 Å². The summed E-state index contributed by atoms with van der Waals surface area (Å²) in [5.74, 6) is 1.73. The molecule has 1 saturated heterocycles. The smallest absolute Gasteiger partial charge is 0.293 e. The zero-order valence-electron chi connectivity index (χ0n) is 18.4. The van der Waals surface area contributed by atoms with E-state index in [0.717, 1.165) is 25.0 Å². The summed E-state index contributed by atoms with van der Waals surface area (Å²) in [7, 11) is 0. The third kappa shape index (κ3) is 6.83. The highest BCUT2D eigenvalue weighted by molar-refractivity contribution is 5.70. The lowest BCUT2D eigenvalue weighted by atomic mass is 10.0. The van der Waals surface area contributed by atoms with Crippen LogP contribution in [0.1, 0.15) is 51.3 Å². The van der Waals surface area contributed by atoms with Crippen LogP contribution in [0.4, 0.5) is 11.4 Å². The third-order valence-corrected chi connectivity index (χ3v) is 5.58. The molecule has 1 unspecified atom stereocenters. The van der Waals surface area contributed by atoms with Gasteiger partial charge in [0.05, 0.1) is 18.1 Å². The van der Waals surface area contributed by atoms with E-state index >= 15 is 0 Å². The lowest BCUT2D eigenvalue weighted by Crippen LogP contribution is -2.46. The van der Waals surface area contributed by atoms with E-state index in [1.165, 1.54) is 31.7 Å². The summed E-state index contributed by atoms with van der Waals surface area (Å²) < 4.78 is 10.7. The van der Waals surface area contributed by atoms with E-state index in [1.807, 2.05) is 6.92 Å². The second-order valence-electron chi connectivity index (χ2n) is 7.99. The van der Waals surface area contributed by atoms with Crippen LogP contribution < -0.4 is 10.6 Å². The molecule has 2 aliphatic rings. The minimum atomic E-state index is -0.406. The summed E-state index contributed by atoms with van der Waals surface area (Å²) in [4.78, 5) is 24.8. The van der Waals surface area contributed by atoms with Crippen molar-refractivity contribution in [3.05, 3.63) is 34.2 Å². The van der Waals surface area contributed by atoms with Gasteiger partial charge in [0, 0.05) is 31.0 Å². The second-order valence-corrected chi connectivity index (χ2v) is 7.99. The van der Waals surface area contributed by atoms with Gasteiger partial charge < -0.3 is 19.4 Å². The Balaban J connectivity index is 0.000000668. The molecule has 10 heteroatoms. The Bertz CT molecular complexity index is 875. The van der Waals surface area contributed by atoms with E-state index in [-0.39, 0.29) is 11.9 Å². The minimum absolute atomic E-state index is 0.0258. The predicted molar refractivity (Wildman–Crippen MR) is 119 cm³/mol. The topological polar surface area (TPSA) is 132 Å². The number of ether oxygens (including phenoxy) is 1. The number of aryl methyl sites for hydroxylation is 1. The van der Waals surface area contributed by atoms with Gasteiger partial charge in [-0.2, -0.15) is 4.98 Å². The first-order valence-corrected chi connectivity index (χ1v) is 11.2. The van der Waals surface area contributed by atoms with Crippen LogP contribution in [-0.4, -0.2) is 47.3 Å². The molecule has 1 aromatic heterocycles. The molecule has 1 aliphatic heterocycles. The Morgan fingerprint density at radius 2 is 2.12 bits per heavy atom. The van der Waals surface area contributed by atoms with Gasteiger partial charge in [-0.3, -0.25) is 15.4 Å². The van der Waals surface area contributed by atoms with Gasteiger partial charge in [-0.05, 0) is 24.5 Å². The number of anilines is 1. The Hall–Kier alpha value is -2.85. The fourth-order valence-electron chi connectivity index (χ4n) is 3.89. The molecule has 1 aliphatic carbocycles. The Kier molecular flexibility index (Phi) is 9.12. The van der Waals surface area contributed by atoms with Gasteiger partial charge in [0.2, 0.25) is 11.7 Å². The first-order valence-electron chi connectivity index (χ1n) is 11.2. The van der Waals surface area contributed by atoms with E-state index in [2.05, 4.69) is 20.8 Å². The van der Waals surface area contributed by atoms with Crippen LogP contribution in [0.2, 0.25) is 0 Å². The number of nitrogens with zero attached hydrogens (tertiary/aromatic N) is 3. The molecule has 1 saturated carbocycles. The molecule has 2 fully saturated rings. The monoisotopic (exact) mass is 445 g/mol. The number of hydrogen-bond donors (Lipinski definition) is 2. The number of morpholine rings is 1. The Morgan fingerprint density at radius 1 is 1.34 bits per heavy atom. The molecule has 0 amide bonds. The van der Waals surface area contributed by atoms with Crippen molar-refractivity contribution in [2.75, 3.05) is 25.1 Å². The number of carbonyl (C=O) groups is 1. The van der Waals surface area contributed by atoms with Crippen LogP contribution in [-0.2, 0) is 16.0 Å². The molecule has 2 N–H and O–H groups in total. The number of nitro benzene ring substituents is 1. The lowest BCUT2D eigenvalue weighted by molar-refractivity contribution is -0.383. The van der Waals surface area contributed by atoms with E-state index in [9.17, 15) is 14.9 Å². The molecular weight excluding hydrogens is 414 g/mol. The van der Waals surface area contributed by atoms with Crippen molar-refractivity contribution < 1.29 is 19.0 Å². The van der Waals surface area contributed by atoms with Crippen molar-refractivity contribution in [3.63, 3.8) is 0 Å². The highest BCUT2D eigenvalue weighted by Crippen LogP contribution is 2.31. The number of rotatable bonds is 8. The average molecular weight is 446 g/mol. The average Bonchev–Trinajstić information content (AvgIpc) is 3.51. The summed E-state index contributed by atoms with van der Waals surface area (Å²) in [5, 5.41) is 21.9. The highest BCUT2D eigenvalue weighted by atomic mass is 16.6. The van der Waals surface area contributed by atoms with Crippen LogP contribution in [0.25, 0.3) is 11.4 Å². The van der Waals surface area contributed by atoms with Gasteiger partial charge in [-0.15, -0.1) is 0 Å². The third-order valence-electron chi connectivity index (χ3n) is 5.58. The van der Waals surface area contributed by atoms with Gasteiger partial charge in [-0.25, -0.2) is 0 Å². The van der Waals surface area contributed by atoms with Crippen molar-refractivity contribution in [1.29, 1.82) is 0 Å². The van der Waals surface area contributed by atoms with E-state index < -0.39 is 4.92 Å². The van der Waals surface area contributed by atoms with Crippen molar-refractivity contribution >= 4 is 17.7 Å². The van der Waals surface area contributed by atoms with E-state index in [0.29, 0.717) is 49.1 Å². The number of hydrogen-bond acceptors (Lipinski definition) is 9. The van der Waals surface area contributed by atoms with Gasteiger partial charge in [0.25, 0.3) is 5.69 Å². The van der Waals surface area contributed by atoms with Gasteiger partial charge in [0.1, 0.15) is 18.1 Å². The molecule has 2 heterocycles. The molecule has 174 valence electrons. The normalized spacial score (nSPS) is 18.6. The molecule has 10 nitrogen and oxygen atoms in total. The van der Waals surface area contributed by atoms with Gasteiger partial charge in [0.15, 0.2) is 0 Å². The number of carbonyl (C=O) groups excluding carboxylic acids is 1. The number of aromatic nitrogens is 2. The number of benzene rings is 1. The zero-order valence-corrected chi connectivity index (χ0v) is 18.4. The number of nitrogens with one attached hydrogen (secondary N) is 2. The van der Waals surface area contributed by atoms with Crippen LogP contribution in [0.15, 0.2) is 22.7 Å². The highest BCUT2D eigenvalue weighted by Gasteiger charge is 2.22. The van der Waals surface area contributed by atoms with E-state index in [1.54, 1.807) is 12.1 Å². The summed E-state index contributed by atoms with van der Waals surface area (Å²) in [6.45, 7) is 3.61. The van der Waals surface area contributed by atoms with Crippen molar-refractivity contribution in [1.82, 2.24) is 15.5 Å². The number of nitro groups is 1. The number of aldehydes is 1. The molecule has 0 radical (unpaired) electrons. The maximum absolute atomic E-state index is 11.6. The van der Waals surface area contributed by atoms with Crippen molar-refractivity contribution in [2.45, 2.75) is 58.0 Å². The largest absolute Gasteiger partial charge is 0.377 e. The fraction of sp³-hybridized carbons (Fsp3) is 0.591. The Morgan fingerprint density at radius 3 is 2.78 bits per heavy atom. The molecular formula is C22H31N5O5.